The number of hydrogen-bond donors (Lipinski definition) is 0. The molecule has 0 aliphatic heterocycles. The molecule has 7 aromatic carbocycles. The maximum atomic E-state index is 5.11. The Morgan fingerprint density at radius 3 is 1.62 bits per heavy atom. The van der Waals surface area contributed by atoms with E-state index >= 15 is 0 Å². The van der Waals surface area contributed by atoms with Gasteiger partial charge in [-0.05, 0) is 128 Å². The highest BCUT2D eigenvalue weighted by atomic mass is 14.9. The zero-order valence-corrected chi connectivity index (χ0v) is 36.2. The molecule has 4 aliphatic rings. The largest absolute Gasteiger partial charge is 0.228 e. The second-order valence-corrected chi connectivity index (χ2v) is 18.7. The quantitative estimate of drug-likeness (QED) is 0.167. The summed E-state index contributed by atoms with van der Waals surface area (Å²) in [5, 5.41) is 0. The zero-order chi connectivity index (χ0) is 42.1. The van der Waals surface area contributed by atoms with Gasteiger partial charge in [0.2, 0.25) is 0 Å². The van der Waals surface area contributed by atoms with E-state index in [1.807, 2.05) is 18.2 Å². The summed E-state index contributed by atoms with van der Waals surface area (Å²) >= 11 is 0. The van der Waals surface area contributed by atoms with E-state index in [-0.39, 0.29) is 10.8 Å². The third kappa shape index (κ3) is 6.29. The summed E-state index contributed by atoms with van der Waals surface area (Å²) in [4.78, 5) is 10.2. The first-order valence-electron chi connectivity index (χ1n) is 23.0. The van der Waals surface area contributed by atoms with Gasteiger partial charge in [0.15, 0.2) is 5.82 Å². The molecule has 0 unspecified atom stereocenters. The molecule has 1 saturated carbocycles. The van der Waals surface area contributed by atoms with Crippen LogP contribution in [0.1, 0.15) is 86.6 Å². The fourth-order valence-corrected chi connectivity index (χ4v) is 11.4. The molecular weight excluding hydrogens is 761 g/mol. The average Bonchev–Trinajstić information content (AvgIpc) is 3.74. The minimum atomic E-state index is -0.0185. The molecule has 0 atom stereocenters. The molecule has 0 bridgehead atoms. The van der Waals surface area contributed by atoms with Crippen molar-refractivity contribution < 1.29 is 0 Å². The Bertz CT molecular complexity index is 3120. The van der Waals surface area contributed by atoms with Crippen molar-refractivity contribution >= 4 is 5.57 Å². The Balaban J connectivity index is 0.852. The van der Waals surface area contributed by atoms with E-state index in [4.69, 9.17) is 9.97 Å². The van der Waals surface area contributed by atoms with Gasteiger partial charge in [0.05, 0.1) is 11.4 Å². The molecule has 2 heteroatoms. The lowest BCUT2D eigenvalue weighted by Crippen LogP contribution is -2.28. The lowest BCUT2D eigenvalue weighted by Gasteiger charge is -2.36. The molecule has 1 heterocycles. The molecule has 2 nitrogen and oxygen atoms in total. The van der Waals surface area contributed by atoms with Crippen LogP contribution in [0, 0.1) is 0 Å². The fraction of sp³-hybridized carbons (Fsp3) is 0.180. The minimum Gasteiger partial charge on any atom is -0.228 e. The second-order valence-electron chi connectivity index (χ2n) is 18.7. The highest BCUT2D eigenvalue weighted by Crippen LogP contribution is 2.60. The van der Waals surface area contributed by atoms with E-state index in [1.165, 1.54) is 98.9 Å². The molecule has 12 rings (SSSR count). The minimum absolute atomic E-state index is 0.0185. The smallest absolute Gasteiger partial charge is 0.160 e. The van der Waals surface area contributed by atoms with Crippen LogP contribution < -0.4 is 0 Å². The third-order valence-electron chi connectivity index (χ3n) is 14.8. The predicted octanol–water partition coefficient (Wildman–Crippen LogP) is 16.1. The van der Waals surface area contributed by atoms with Gasteiger partial charge in [0.25, 0.3) is 0 Å². The van der Waals surface area contributed by atoms with Gasteiger partial charge in [-0.25, -0.2) is 9.97 Å². The van der Waals surface area contributed by atoms with E-state index in [9.17, 15) is 0 Å². The Labute approximate surface area is 371 Å². The van der Waals surface area contributed by atoms with Crippen LogP contribution in [0.4, 0.5) is 0 Å². The fourth-order valence-electron chi connectivity index (χ4n) is 11.4. The van der Waals surface area contributed by atoms with Crippen LogP contribution in [0.5, 0.6) is 0 Å². The van der Waals surface area contributed by atoms with Crippen molar-refractivity contribution in [3.8, 4) is 78.4 Å². The number of nitrogens with zero attached hydrogens (tertiary/aromatic N) is 2. The van der Waals surface area contributed by atoms with Crippen molar-refractivity contribution in [1.82, 2.24) is 9.97 Å². The summed E-state index contributed by atoms with van der Waals surface area (Å²) in [6.45, 7) is 4.81. The van der Waals surface area contributed by atoms with Gasteiger partial charge >= 0.3 is 0 Å². The molecule has 0 radical (unpaired) electrons. The molecule has 1 aromatic heterocycles. The monoisotopic (exact) mass is 810 g/mol. The molecule has 63 heavy (non-hydrogen) atoms. The van der Waals surface area contributed by atoms with Crippen molar-refractivity contribution in [2.45, 2.75) is 69.6 Å². The van der Waals surface area contributed by atoms with Gasteiger partial charge < -0.3 is 0 Å². The van der Waals surface area contributed by atoms with Crippen LogP contribution in [0.15, 0.2) is 182 Å². The molecule has 4 aliphatic carbocycles. The van der Waals surface area contributed by atoms with E-state index < -0.39 is 0 Å². The van der Waals surface area contributed by atoms with Crippen molar-refractivity contribution in [2.24, 2.45) is 0 Å². The first kappa shape index (κ1) is 37.8. The average molecular weight is 811 g/mol. The van der Waals surface area contributed by atoms with Gasteiger partial charge in [-0.1, -0.05) is 191 Å². The van der Waals surface area contributed by atoms with E-state index in [0.29, 0.717) is 0 Å². The molecule has 0 saturated heterocycles. The third-order valence-corrected chi connectivity index (χ3v) is 14.8. The van der Waals surface area contributed by atoms with Crippen LogP contribution in [0.2, 0.25) is 0 Å². The van der Waals surface area contributed by atoms with E-state index in [2.05, 4.69) is 178 Å². The molecule has 304 valence electrons. The van der Waals surface area contributed by atoms with Gasteiger partial charge in [-0.2, -0.15) is 0 Å². The van der Waals surface area contributed by atoms with Crippen LogP contribution in [0.25, 0.3) is 84.0 Å². The number of rotatable bonds is 6. The SMILES string of the molecule is CC1(C)c2ccccc2-c2cc3c(cc21)-c1cc(-c2ccc(-c4ccc(-c5cc(-c6ccc(C7=CCCC=C7)cc6)nc(-c6ccccc6)n5)cc4)cc2)ccc1C31CCCCC1. The maximum Gasteiger partial charge on any atom is 0.160 e. The van der Waals surface area contributed by atoms with E-state index in [0.717, 1.165) is 46.7 Å². The highest BCUT2D eigenvalue weighted by Gasteiger charge is 2.46. The van der Waals surface area contributed by atoms with Crippen LogP contribution in [0.3, 0.4) is 0 Å². The Morgan fingerprint density at radius 1 is 0.397 bits per heavy atom. The van der Waals surface area contributed by atoms with Crippen molar-refractivity contribution in [1.29, 1.82) is 0 Å². The summed E-state index contributed by atoms with van der Waals surface area (Å²) in [5.41, 5.74) is 24.3. The summed E-state index contributed by atoms with van der Waals surface area (Å²) in [5.74, 6) is 0.729. The van der Waals surface area contributed by atoms with Crippen LogP contribution in [-0.4, -0.2) is 9.97 Å². The van der Waals surface area contributed by atoms with Crippen molar-refractivity contribution in [3.63, 3.8) is 0 Å². The summed E-state index contributed by atoms with van der Waals surface area (Å²) < 4.78 is 0. The summed E-state index contributed by atoms with van der Waals surface area (Å²) in [6.07, 6.45) is 15.4. The summed E-state index contributed by atoms with van der Waals surface area (Å²) in [7, 11) is 0. The van der Waals surface area contributed by atoms with Crippen molar-refractivity contribution in [2.75, 3.05) is 0 Å². The highest BCUT2D eigenvalue weighted by molar-refractivity contribution is 5.91. The number of benzene rings is 7. The lowest BCUT2D eigenvalue weighted by atomic mass is 9.67. The summed E-state index contributed by atoms with van der Waals surface area (Å²) in [6, 6.07) is 60.9. The first-order valence-corrected chi connectivity index (χ1v) is 23.0. The molecule has 1 fully saturated rings. The number of fused-ring (bicyclic) bond motifs is 8. The number of allylic oxidation sites excluding steroid dienone is 4. The van der Waals surface area contributed by atoms with Crippen LogP contribution in [-0.2, 0) is 10.8 Å². The zero-order valence-electron chi connectivity index (χ0n) is 36.2. The Kier molecular flexibility index (Phi) is 8.94. The van der Waals surface area contributed by atoms with Gasteiger partial charge in [0, 0.05) is 27.5 Å². The molecule has 8 aromatic rings. The standard InChI is InChI=1S/C61H50N2/c1-60(2)53-19-11-10-18-49(53)51-38-56-52(37-55(51)60)50-36-48(32-33-54(50)61(56)34-12-5-13-35-61)44-22-20-42(21-23-44)43-26-30-46(31-27-43)58-39-57(62-59(63-58)47-16-8-4-9-17-47)45-28-24-41(25-29-45)40-14-6-3-7-15-40/h4,6,8-11,14-33,36-39H,3,5,7,12-13,34-35H2,1-2H3. The van der Waals surface area contributed by atoms with Gasteiger partial charge in [-0.3, -0.25) is 0 Å². The predicted molar refractivity (Wildman–Crippen MR) is 262 cm³/mol. The Hall–Kier alpha value is -6.90. The number of aromatic nitrogens is 2. The molecule has 1 spiro atoms. The van der Waals surface area contributed by atoms with Crippen LogP contribution >= 0.6 is 0 Å². The topological polar surface area (TPSA) is 25.8 Å². The lowest BCUT2D eigenvalue weighted by molar-refractivity contribution is 0.353. The maximum absolute atomic E-state index is 5.11. The molecular formula is C61H50N2. The van der Waals surface area contributed by atoms with Crippen molar-refractivity contribution in [3.05, 3.63) is 210 Å². The second kappa shape index (κ2) is 14.9. The molecule has 0 amide bonds. The number of hydrogen-bond acceptors (Lipinski definition) is 2. The van der Waals surface area contributed by atoms with Gasteiger partial charge in [0.1, 0.15) is 0 Å². The van der Waals surface area contributed by atoms with Gasteiger partial charge in [-0.15, -0.1) is 0 Å². The molecule has 0 N–H and O–H groups in total. The normalized spacial score (nSPS) is 16.3. The Morgan fingerprint density at radius 2 is 0.952 bits per heavy atom. The first-order chi connectivity index (χ1) is 30.9. The van der Waals surface area contributed by atoms with E-state index in [1.54, 1.807) is 11.1 Å².